The van der Waals surface area contributed by atoms with Crippen molar-refractivity contribution < 1.29 is 9.53 Å². The van der Waals surface area contributed by atoms with Crippen LogP contribution < -0.4 is 10.5 Å². The van der Waals surface area contributed by atoms with Crippen molar-refractivity contribution in [2.45, 2.75) is 32.9 Å². The van der Waals surface area contributed by atoms with E-state index in [2.05, 4.69) is 11.0 Å². The van der Waals surface area contributed by atoms with E-state index in [9.17, 15) is 9.59 Å². The Labute approximate surface area is 222 Å². The Morgan fingerprint density at radius 1 is 0.947 bits per heavy atom. The molecule has 4 aromatic rings. The molecule has 5 rings (SSSR count). The van der Waals surface area contributed by atoms with Gasteiger partial charge in [-0.2, -0.15) is 5.26 Å². The van der Waals surface area contributed by atoms with Gasteiger partial charge in [0.15, 0.2) is 0 Å². The van der Waals surface area contributed by atoms with Crippen molar-refractivity contribution >= 4 is 22.6 Å². The topological polar surface area (TPSA) is 78.6 Å². The molecule has 0 radical (unpaired) electrons. The zero-order valence-electron chi connectivity index (χ0n) is 22.0. The Kier molecular flexibility index (Phi) is 6.64. The van der Waals surface area contributed by atoms with Crippen LogP contribution in [0.15, 0.2) is 77.7 Å². The lowest BCUT2D eigenvalue weighted by atomic mass is 9.96. The maximum absolute atomic E-state index is 13.6. The van der Waals surface area contributed by atoms with Crippen LogP contribution in [0, 0.1) is 18.3 Å². The van der Waals surface area contributed by atoms with E-state index in [0.717, 1.165) is 33.5 Å². The van der Waals surface area contributed by atoms with E-state index in [1.165, 1.54) is 7.11 Å². The lowest BCUT2D eigenvalue weighted by Crippen LogP contribution is -2.58. The van der Waals surface area contributed by atoms with Crippen molar-refractivity contribution in [3.05, 3.63) is 94.4 Å². The molecule has 1 saturated heterocycles. The fourth-order valence-corrected chi connectivity index (χ4v) is 5.58. The van der Waals surface area contributed by atoms with Gasteiger partial charge in [0, 0.05) is 36.0 Å². The van der Waals surface area contributed by atoms with Crippen LogP contribution in [0.2, 0.25) is 0 Å². The molecular formula is C31H30N4O3. The molecule has 3 aromatic carbocycles. The van der Waals surface area contributed by atoms with Gasteiger partial charge in [-0.1, -0.05) is 24.3 Å². The largest absolute Gasteiger partial charge is 0.453 e. The van der Waals surface area contributed by atoms with Crippen molar-refractivity contribution in [1.82, 2.24) is 9.47 Å². The van der Waals surface area contributed by atoms with Gasteiger partial charge in [-0.15, -0.1) is 0 Å². The number of carbonyl (C=O) groups is 1. The summed E-state index contributed by atoms with van der Waals surface area (Å²) in [5.74, 6) is 0. The van der Waals surface area contributed by atoms with Gasteiger partial charge in [0.05, 0.1) is 30.8 Å². The number of benzene rings is 3. The number of nitriles is 1. The average molecular weight is 507 g/mol. The zero-order valence-corrected chi connectivity index (χ0v) is 22.0. The van der Waals surface area contributed by atoms with Crippen LogP contribution >= 0.6 is 0 Å². The summed E-state index contributed by atoms with van der Waals surface area (Å²) in [5, 5.41) is 10.7. The van der Waals surface area contributed by atoms with E-state index in [1.54, 1.807) is 21.6 Å². The highest BCUT2D eigenvalue weighted by atomic mass is 16.5. The predicted molar refractivity (Wildman–Crippen MR) is 150 cm³/mol. The van der Waals surface area contributed by atoms with Crippen molar-refractivity contribution in [2.75, 3.05) is 25.1 Å². The third kappa shape index (κ3) is 4.39. The number of ether oxygens (including phenoxy) is 1. The molecule has 7 nitrogen and oxygen atoms in total. The molecular weight excluding hydrogens is 476 g/mol. The number of nitrogens with zero attached hydrogens (tertiary/aromatic N) is 4. The number of rotatable bonds is 3. The number of aromatic nitrogens is 1. The van der Waals surface area contributed by atoms with Crippen LogP contribution in [-0.2, 0) is 4.74 Å². The van der Waals surface area contributed by atoms with Crippen LogP contribution in [0.5, 0.6) is 0 Å². The van der Waals surface area contributed by atoms with Crippen molar-refractivity contribution in [3.63, 3.8) is 0 Å². The van der Waals surface area contributed by atoms with Gasteiger partial charge >= 0.3 is 6.09 Å². The summed E-state index contributed by atoms with van der Waals surface area (Å²) in [5.41, 5.74) is 5.29. The first-order valence-corrected chi connectivity index (χ1v) is 12.7. The number of methoxy groups -OCH3 is 1. The predicted octanol–water partition coefficient (Wildman–Crippen LogP) is 5.50. The monoisotopic (exact) mass is 506 g/mol. The Hall–Kier alpha value is -4.57. The van der Waals surface area contributed by atoms with E-state index in [4.69, 9.17) is 10.00 Å². The maximum atomic E-state index is 13.6. The molecule has 38 heavy (non-hydrogen) atoms. The summed E-state index contributed by atoms with van der Waals surface area (Å²) in [4.78, 5) is 29.8. The van der Waals surface area contributed by atoms with Crippen molar-refractivity contribution in [1.29, 1.82) is 5.26 Å². The number of aryl methyl sites for hydroxylation is 1. The molecule has 0 aliphatic carbocycles. The van der Waals surface area contributed by atoms with E-state index in [0.29, 0.717) is 24.0 Å². The van der Waals surface area contributed by atoms with Gasteiger partial charge in [-0.05, 0) is 85.3 Å². The number of amides is 1. The molecule has 1 aliphatic rings. The number of piperazine rings is 1. The summed E-state index contributed by atoms with van der Waals surface area (Å²) < 4.78 is 6.65. The lowest BCUT2D eigenvalue weighted by Gasteiger charge is -2.44. The van der Waals surface area contributed by atoms with Gasteiger partial charge < -0.3 is 9.64 Å². The maximum Gasteiger partial charge on any atom is 0.410 e. The summed E-state index contributed by atoms with van der Waals surface area (Å²) in [6.45, 7) is 7.47. The number of hydrogen-bond donors (Lipinski definition) is 0. The van der Waals surface area contributed by atoms with E-state index in [1.807, 2.05) is 81.6 Å². The van der Waals surface area contributed by atoms with E-state index < -0.39 is 0 Å². The van der Waals surface area contributed by atoms with Crippen LogP contribution in [0.25, 0.3) is 27.6 Å². The molecule has 0 N–H and O–H groups in total. The van der Waals surface area contributed by atoms with Gasteiger partial charge in [-0.3, -0.25) is 14.3 Å². The third-order valence-corrected chi connectivity index (χ3v) is 7.35. The SMILES string of the molecule is COC(=O)N1C(C)CN(c2ccc(-n3cc(C)c4c(-c5ccc(C#N)cc5)cccc4c3=O)cc2)CC1C. The van der Waals surface area contributed by atoms with E-state index in [-0.39, 0.29) is 23.7 Å². The smallest absolute Gasteiger partial charge is 0.410 e. The highest BCUT2D eigenvalue weighted by molar-refractivity contribution is 5.98. The number of pyridine rings is 1. The molecule has 192 valence electrons. The Morgan fingerprint density at radius 2 is 1.58 bits per heavy atom. The molecule has 1 aromatic heterocycles. The highest BCUT2D eigenvalue weighted by Gasteiger charge is 2.33. The van der Waals surface area contributed by atoms with E-state index >= 15 is 0 Å². The van der Waals surface area contributed by atoms with Crippen molar-refractivity contribution in [3.8, 4) is 22.9 Å². The fourth-order valence-electron chi connectivity index (χ4n) is 5.58. The second-order valence-electron chi connectivity index (χ2n) is 9.90. The Balaban J connectivity index is 1.47. The minimum Gasteiger partial charge on any atom is -0.453 e. The normalized spacial score (nSPS) is 17.3. The summed E-state index contributed by atoms with van der Waals surface area (Å²) >= 11 is 0. The summed E-state index contributed by atoms with van der Waals surface area (Å²) in [7, 11) is 1.41. The molecule has 0 saturated carbocycles. The molecule has 0 bridgehead atoms. The minimum atomic E-state index is -0.298. The minimum absolute atomic E-state index is 0.0157. The average Bonchev–Trinajstić information content (AvgIpc) is 2.94. The Bertz CT molecular complexity index is 1590. The molecule has 7 heteroatoms. The quantitative estimate of drug-likeness (QED) is 0.367. The second kappa shape index (κ2) is 10.1. The Morgan fingerprint density at radius 3 is 2.18 bits per heavy atom. The molecule has 2 atom stereocenters. The fraction of sp³-hybridized carbons (Fsp3) is 0.258. The van der Waals surface area contributed by atoms with Crippen molar-refractivity contribution in [2.24, 2.45) is 0 Å². The standard InChI is InChI=1S/C31H30N4O3/c1-20-17-34(30(36)28-7-5-6-27(29(20)28)24-10-8-23(16-32)9-11-24)26-14-12-25(13-15-26)33-18-21(2)35(22(3)19-33)31(37)38-4/h5-15,17,21-22H,18-19H2,1-4H3. The third-order valence-electron chi connectivity index (χ3n) is 7.35. The van der Waals surface area contributed by atoms with Gasteiger partial charge in [0.1, 0.15) is 0 Å². The molecule has 1 aliphatic heterocycles. The molecule has 1 fully saturated rings. The second-order valence-corrected chi connectivity index (χ2v) is 9.90. The van der Waals surface area contributed by atoms with Gasteiger partial charge in [-0.25, -0.2) is 4.79 Å². The van der Waals surface area contributed by atoms with Crippen LogP contribution in [0.4, 0.5) is 10.5 Å². The first-order chi connectivity index (χ1) is 18.3. The lowest BCUT2D eigenvalue weighted by molar-refractivity contribution is 0.0820. The molecule has 1 amide bonds. The van der Waals surface area contributed by atoms with Gasteiger partial charge in [0.25, 0.3) is 5.56 Å². The number of hydrogen-bond acceptors (Lipinski definition) is 5. The number of anilines is 1. The van der Waals surface area contributed by atoms with Crippen LogP contribution in [0.1, 0.15) is 25.0 Å². The number of carbonyl (C=O) groups excluding carboxylic acids is 1. The van der Waals surface area contributed by atoms with Crippen LogP contribution in [0.3, 0.4) is 0 Å². The first-order valence-electron chi connectivity index (χ1n) is 12.7. The first kappa shape index (κ1) is 25.1. The summed E-state index contributed by atoms with van der Waals surface area (Å²) in [6, 6.07) is 23.4. The summed E-state index contributed by atoms with van der Waals surface area (Å²) in [6.07, 6.45) is 1.60. The van der Waals surface area contributed by atoms with Crippen LogP contribution in [-0.4, -0.2) is 47.8 Å². The zero-order chi connectivity index (χ0) is 27.0. The van der Waals surface area contributed by atoms with Gasteiger partial charge in [0.2, 0.25) is 0 Å². The number of fused-ring (bicyclic) bond motifs is 1. The molecule has 2 heterocycles. The molecule has 0 spiro atoms. The molecule has 2 unspecified atom stereocenters. The highest BCUT2D eigenvalue weighted by Crippen LogP contribution is 2.31.